The molecular formula is C17H24F2O3SSi. The number of hydrogen-bond donors (Lipinski definition) is 1. The number of carboxylic acid groups (broad SMARTS) is 1. The van der Waals surface area contributed by atoms with Crippen molar-refractivity contribution in [2.24, 2.45) is 0 Å². The number of rotatable bonds is 4. The summed E-state index contributed by atoms with van der Waals surface area (Å²) in [7, 11) is -2.02. The van der Waals surface area contributed by atoms with Crippen LogP contribution in [0.2, 0.25) is 18.1 Å². The van der Waals surface area contributed by atoms with E-state index in [9.17, 15) is 13.6 Å². The van der Waals surface area contributed by atoms with Crippen molar-refractivity contribution in [1.82, 2.24) is 0 Å². The first-order chi connectivity index (χ1) is 10.8. The van der Waals surface area contributed by atoms with Crippen molar-refractivity contribution in [2.75, 3.05) is 6.61 Å². The Morgan fingerprint density at radius 2 is 2.08 bits per heavy atom. The predicted molar refractivity (Wildman–Crippen MR) is 95.7 cm³/mol. The minimum Gasteiger partial charge on any atom is -0.477 e. The maximum atomic E-state index is 14.4. The van der Waals surface area contributed by atoms with Crippen LogP contribution < -0.4 is 0 Å². The first-order valence-electron chi connectivity index (χ1n) is 7.94. The first-order valence-corrected chi connectivity index (χ1v) is 11.7. The van der Waals surface area contributed by atoms with Crippen molar-refractivity contribution >= 4 is 31.2 Å². The summed E-state index contributed by atoms with van der Waals surface area (Å²) in [5.74, 6) is -4.02. The van der Waals surface area contributed by atoms with Gasteiger partial charge in [0.15, 0.2) is 8.32 Å². The van der Waals surface area contributed by atoms with E-state index in [0.29, 0.717) is 5.56 Å². The number of alkyl halides is 2. The van der Waals surface area contributed by atoms with Gasteiger partial charge >= 0.3 is 5.97 Å². The highest BCUT2D eigenvalue weighted by atomic mass is 32.1. The second-order valence-electron chi connectivity index (χ2n) is 7.65. The summed E-state index contributed by atoms with van der Waals surface area (Å²) < 4.78 is 34.7. The van der Waals surface area contributed by atoms with E-state index in [1.807, 2.05) is 0 Å². The number of thiophene rings is 1. The van der Waals surface area contributed by atoms with Crippen molar-refractivity contribution < 1.29 is 23.1 Å². The molecule has 1 aromatic heterocycles. The van der Waals surface area contributed by atoms with Crippen LogP contribution >= 0.6 is 11.3 Å². The number of halogens is 2. The minimum atomic E-state index is -2.94. The lowest BCUT2D eigenvalue weighted by molar-refractivity contribution is 0.0540. The van der Waals surface area contributed by atoms with Crippen LogP contribution in [0.25, 0.3) is 5.57 Å². The van der Waals surface area contributed by atoms with Gasteiger partial charge in [0, 0.05) is 16.9 Å². The van der Waals surface area contributed by atoms with Crippen molar-refractivity contribution in [3.05, 3.63) is 27.5 Å². The zero-order valence-electron chi connectivity index (χ0n) is 14.7. The van der Waals surface area contributed by atoms with Crippen LogP contribution in [0.1, 0.15) is 47.3 Å². The van der Waals surface area contributed by atoms with Gasteiger partial charge in [-0.05, 0) is 36.2 Å². The fourth-order valence-electron chi connectivity index (χ4n) is 2.36. The van der Waals surface area contributed by atoms with Gasteiger partial charge in [0.25, 0.3) is 5.92 Å². The van der Waals surface area contributed by atoms with Gasteiger partial charge < -0.3 is 9.53 Å². The Labute approximate surface area is 146 Å². The lowest BCUT2D eigenvalue weighted by atomic mass is 9.89. The fraction of sp³-hybridized carbons (Fsp3) is 0.588. The van der Waals surface area contributed by atoms with Crippen molar-refractivity contribution in [2.45, 2.75) is 57.7 Å². The number of carboxylic acids is 1. The molecule has 3 nitrogen and oxygen atoms in total. The Morgan fingerprint density at radius 3 is 2.62 bits per heavy atom. The van der Waals surface area contributed by atoms with E-state index in [0.717, 1.165) is 16.2 Å². The molecule has 1 aliphatic carbocycles. The average Bonchev–Trinajstić information content (AvgIpc) is 2.84. The molecule has 0 saturated carbocycles. The first kappa shape index (κ1) is 19.3. The third kappa shape index (κ3) is 3.78. The van der Waals surface area contributed by atoms with E-state index in [1.165, 1.54) is 12.1 Å². The molecule has 7 heteroatoms. The highest BCUT2D eigenvalue weighted by Gasteiger charge is 2.41. The van der Waals surface area contributed by atoms with Crippen molar-refractivity contribution in [3.63, 3.8) is 0 Å². The smallest absolute Gasteiger partial charge is 0.345 e. The molecule has 1 aliphatic rings. The zero-order chi connectivity index (χ0) is 18.3. The van der Waals surface area contributed by atoms with Crippen LogP contribution in [-0.2, 0) is 10.8 Å². The number of aryl methyl sites for hydroxylation is 1. The van der Waals surface area contributed by atoms with E-state index in [2.05, 4.69) is 33.9 Å². The van der Waals surface area contributed by atoms with Crippen LogP contribution in [0, 0.1) is 0 Å². The topological polar surface area (TPSA) is 46.5 Å². The zero-order valence-corrected chi connectivity index (χ0v) is 16.5. The quantitative estimate of drug-likeness (QED) is 0.715. The molecule has 2 rings (SSSR count). The van der Waals surface area contributed by atoms with Crippen LogP contribution in [0.15, 0.2) is 12.1 Å². The number of hydrogen-bond acceptors (Lipinski definition) is 3. The highest BCUT2D eigenvalue weighted by molar-refractivity contribution is 7.14. The van der Waals surface area contributed by atoms with Gasteiger partial charge in [0.05, 0.1) is 6.61 Å². The Hall–Kier alpha value is -1.05. The largest absolute Gasteiger partial charge is 0.477 e. The molecule has 0 amide bonds. The molecule has 24 heavy (non-hydrogen) atoms. The van der Waals surface area contributed by atoms with E-state index in [4.69, 9.17) is 9.53 Å². The predicted octanol–water partition coefficient (Wildman–Crippen LogP) is 5.43. The molecule has 0 spiro atoms. The molecule has 0 bridgehead atoms. The monoisotopic (exact) mass is 374 g/mol. The van der Waals surface area contributed by atoms with E-state index >= 15 is 0 Å². The maximum Gasteiger partial charge on any atom is 0.345 e. The van der Waals surface area contributed by atoms with E-state index in [-0.39, 0.29) is 34.9 Å². The van der Waals surface area contributed by atoms with Gasteiger partial charge in [-0.25, -0.2) is 13.6 Å². The second kappa shape index (κ2) is 6.35. The molecule has 0 atom stereocenters. The van der Waals surface area contributed by atoms with Gasteiger partial charge in [-0.1, -0.05) is 26.8 Å². The number of aromatic carboxylic acids is 1. The molecule has 0 aliphatic heterocycles. The van der Waals surface area contributed by atoms with Gasteiger partial charge in [0.1, 0.15) is 4.88 Å². The molecule has 1 N–H and O–H groups in total. The van der Waals surface area contributed by atoms with Crippen molar-refractivity contribution in [3.8, 4) is 0 Å². The van der Waals surface area contributed by atoms with Crippen LogP contribution in [0.5, 0.6) is 0 Å². The Bertz CT molecular complexity index is 672. The van der Waals surface area contributed by atoms with Gasteiger partial charge in [-0.15, -0.1) is 11.3 Å². The van der Waals surface area contributed by atoms with Crippen LogP contribution in [0.3, 0.4) is 0 Å². The third-order valence-corrected chi connectivity index (χ3v) is 10.6. The summed E-state index contributed by atoms with van der Waals surface area (Å²) in [6.07, 6.45) is 1.36. The molecule has 0 radical (unpaired) electrons. The number of carbonyl (C=O) groups is 1. The summed E-state index contributed by atoms with van der Waals surface area (Å²) in [5.41, 5.74) is 0.277. The van der Waals surface area contributed by atoms with Gasteiger partial charge in [-0.2, -0.15) is 0 Å². The average molecular weight is 375 g/mol. The minimum absolute atomic E-state index is 0.00457. The Morgan fingerprint density at radius 1 is 1.46 bits per heavy atom. The second-order valence-corrected chi connectivity index (χ2v) is 13.6. The summed E-state index contributed by atoms with van der Waals surface area (Å²) >= 11 is 1.09. The van der Waals surface area contributed by atoms with Crippen molar-refractivity contribution in [1.29, 1.82) is 0 Å². The number of fused-ring (bicyclic) bond motifs is 1. The molecule has 0 aromatic carbocycles. The van der Waals surface area contributed by atoms with E-state index in [1.54, 1.807) is 0 Å². The van der Waals surface area contributed by atoms with Gasteiger partial charge in [-0.3, -0.25) is 0 Å². The van der Waals surface area contributed by atoms with E-state index < -0.39 is 20.2 Å². The van der Waals surface area contributed by atoms with Crippen LogP contribution in [0.4, 0.5) is 8.78 Å². The standard InChI is InChI=1S/C17H24F2O3SSi/c1-16(2,3)24(4,5)22-9-7-12-11-10-14(15(20)21)23-13(11)6-8-17(12,18)19/h7,10H,6,8-9H2,1-5H3,(H,20,21). The number of allylic oxidation sites excluding steroid dienone is 1. The maximum absolute atomic E-state index is 14.4. The lowest BCUT2D eigenvalue weighted by Gasteiger charge is -2.36. The lowest BCUT2D eigenvalue weighted by Crippen LogP contribution is -2.40. The Balaban J connectivity index is 2.29. The summed E-state index contributed by atoms with van der Waals surface area (Å²) in [6, 6.07) is 1.37. The molecular weight excluding hydrogens is 350 g/mol. The molecule has 134 valence electrons. The van der Waals surface area contributed by atoms with Gasteiger partial charge in [0.2, 0.25) is 0 Å². The molecule has 0 unspecified atom stereocenters. The molecule has 1 aromatic rings. The normalized spacial score (nSPS) is 19.4. The molecule has 1 heterocycles. The molecule has 0 saturated heterocycles. The molecule has 0 fully saturated rings. The van der Waals surface area contributed by atoms with Crippen LogP contribution in [-0.4, -0.2) is 31.9 Å². The third-order valence-electron chi connectivity index (χ3n) is 4.91. The SMILES string of the molecule is CC(C)(C)[Si](C)(C)OCC=C1c2cc(C(=O)O)sc2CCC1(F)F. The summed E-state index contributed by atoms with van der Waals surface area (Å²) in [5, 5.41) is 9.11. The highest BCUT2D eigenvalue weighted by Crippen LogP contribution is 2.45. The summed E-state index contributed by atoms with van der Waals surface area (Å²) in [6.45, 7) is 10.6. The fourth-order valence-corrected chi connectivity index (χ4v) is 4.30. The summed E-state index contributed by atoms with van der Waals surface area (Å²) in [4.78, 5) is 12.0. The Kier molecular flexibility index (Phi) is 5.10.